The van der Waals surface area contributed by atoms with Crippen LogP contribution in [0.15, 0.2) is 35.2 Å². The highest BCUT2D eigenvalue weighted by molar-refractivity contribution is 7.13. The summed E-state index contributed by atoms with van der Waals surface area (Å²) in [6.07, 6.45) is 0. The van der Waals surface area contributed by atoms with Crippen LogP contribution in [0.5, 0.6) is 0 Å². The number of carboxylic acid groups (broad SMARTS) is 1. The first kappa shape index (κ1) is 10.2. The minimum atomic E-state index is -1.00. The summed E-state index contributed by atoms with van der Waals surface area (Å²) < 4.78 is 0. The third-order valence-electron chi connectivity index (χ3n) is 2.09. The second kappa shape index (κ2) is 4.04. The normalized spacial score (nSPS) is 11.9. The third kappa shape index (κ3) is 1.76. The van der Waals surface area contributed by atoms with Gasteiger partial charge in [-0.05, 0) is 10.8 Å². The Balaban J connectivity index is 2.67. The maximum Gasteiger partial charge on any atom is 0.338 e. The van der Waals surface area contributed by atoms with E-state index in [1.165, 1.54) is 11.3 Å². The summed E-state index contributed by atoms with van der Waals surface area (Å²) >= 11 is 6.91. The van der Waals surface area contributed by atoms with E-state index in [0.29, 0.717) is 4.88 Å². The standard InChI is InChI=1S/C11H7ClO2S/c12-5-9(11(13)14)10-8-4-2-1-3-7(8)6-15-10/h1-6H,(H,13,14)/b9-5+. The van der Waals surface area contributed by atoms with Gasteiger partial charge in [0.1, 0.15) is 0 Å². The molecular weight excluding hydrogens is 232 g/mol. The molecule has 0 fully saturated rings. The molecule has 0 spiro atoms. The number of benzene rings is 1. The Morgan fingerprint density at radius 3 is 2.80 bits per heavy atom. The molecule has 0 atom stereocenters. The van der Waals surface area contributed by atoms with Crippen molar-refractivity contribution in [1.29, 1.82) is 0 Å². The molecule has 0 unspecified atom stereocenters. The average Bonchev–Trinajstić information content (AvgIpc) is 2.63. The zero-order valence-corrected chi connectivity index (χ0v) is 9.18. The molecule has 0 radical (unpaired) electrons. The fourth-order valence-electron chi connectivity index (χ4n) is 1.39. The minimum absolute atomic E-state index is 0.142. The monoisotopic (exact) mass is 238 g/mol. The van der Waals surface area contributed by atoms with Crippen molar-refractivity contribution in [3.05, 3.63) is 40.1 Å². The largest absolute Gasteiger partial charge is 0.478 e. The smallest absolute Gasteiger partial charge is 0.338 e. The number of fused-ring (bicyclic) bond motifs is 1. The number of aliphatic carboxylic acids is 1. The lowest BCUT2D eigenvalue weighted by Crippen LogP contribution is -1.96. The van der Waals surface area contributed by atoms with Gasteiger partial charge in [0, 0.05) is 10.9 Å². The number of hydrogen-bond donors (Lipinski definition) is 1. The van der Waals surface area contributed by atoms with Gasteiger partial charge in [-0.25, -0.2) is 4.79 Å². The summed E-state index contributed by atoms with van der Waals surface area (Å²) in [4.78, 5) is 11.6. The van der Waals surface area contributed by atoms with Crippen LogP contribution >= 0.6 is 22.9 Å². The quantitative estimate of drug-likeness (QED) is 0.813. The van der Waals surface area contributed by atoms with Gasteiger partial charge in [0.05, 0.1) is 10.5 Å². The summed E-state index contributed by atoms with van der Waals surface area (Å²) in [7, 11) is 0. The van der Waals surface area contributed by atoms with E-state index >= 15 is 0 Å². The number of hydrogen-bond acceptors (Lipinski definition) is 2. The first-order valence-corrected chi connectivity index (χ1v) is 5.56. The Morgan fingerprint density at radius 1 is 1.40 bits per heavy atom. The number of thiophene rings is 1. The molecule has 76 valence electrons. The molecule has 0 amide bonds. The van der Waals surface area contributed by atoms with E-state index in [4.69, 9.17) is 16.7 Å². The molecule has 0 aliphatic rings. The van der Waals surface area contributed by atoms with Crippen LogP contribution in [-0.2, 0) is 4.79 Å². The molecule has 0 aliphatic carbocycles. The van der Waals surface area contributed by atoms with Gasteiger partial charge in [-0.1, -0.05) is 35.9 Å². The molecule has 0 saturated heterocycles. The van der Waals surface area contributed by atoms with Gasteiger partial charge in [0.2, 0.25) is 0 Å². The van der Waals surface area contributed by atoms with Gasteiger partial charge in [-0.2, -0.15) is 0 Å². The van der Waals surface area contributed by atoms with Crippen LogP contribution < -0.4 is 0 Å². The van der Waals surface area contributed by atoms with Gasteiger partial charge >= 0.3 is 5.97 Å². The molecular formula is C11H7ClO2S. The van der Waals surface area contributed by atoms with Crippen LogP contribution in [-0.4, -0.2) is 11.1 Å². The Morgan fingerprint density at radius 2 is 2.13 bits per heavy atom. The summed E-state index contributed by atoms with van der Waals surface area (Å²) in [5, 5.41) is 12.8. The average molecular weight is 239 g/mol. The number of carboxylic acids is 1. The SMILES string of the molecule is O=C(O)/C(=C/Cl)c1scc2ccccc12. The topological polar surface area (TPSA) is 37.3 Å². The zero-order valence-electron chi connectivity index (χ0n) is 7.61. The zero-order chi connectivity index (χ0) is 10.8. The van der Waals surface area contributed by atoms with Gasteiger partial charge in [0.15, 0.2) is 0 Å². The molecule has 0 bridgehead atoms. The van der Waals surface area contributed by atoms with Crippen molar-refractivity contribution in [2.45, 2.75) is 0 Å². The number of rotatable bonds is 2. The highest BCUT2D eigenvalue weighted by atomic mass is 35.5. The van der Waals surface area contributed by atoms with Crippen LogP contribution in [0.4, 0.5) is 0 Å². The van der Waals surface area contributed by atoms with E-state index in [2.05, 4.69) is 0 Å². The molecule has 1 aromatic heterocycles. The number of halogens is 1. The van der Waals surface area contributed by atoms with E-state index in [1.54, 1.807) is 0 Å². The Bertz CT molecular complexity index is 542. The molecule has 4 heteroatoms. The lowest BCUT2D eigenvalue weighted by atomic mass is 10.1. The second-order valence-corrected chi connectivity index (χ2v) is 4.08. The van der Waals surface area contributed by atoms with Crippen molar-refractivity contribution in [1.82, 2.24) is 0 Å². The van der Waals surface area contributed by atoms with E-state index < -0.39 is 5.97 Å². The molecule has 1 aromatic carbocycles. The van der Waals surface area contributed by atoms with Gasteiger partial charge in [-0.15, -0.1) is 11.3 Å². The van der Waals surface area contributed by atoms with Crippen molar-refractivity contribution in [3.63, 3.8) is 0 Å². The summed E-state index contributed by atoms with van der Waals surface area (Å²) in [6.45, 7) is 0. The summed E-state index contributed by atoms with van der Waals surface area (Å²) in [6, 6.07) is 7.64. The fraction of sp³-hybridized carbons (Fsp3) is 0. The van der Waals surface area contributed by atoms with E-state index in [9.17, 15) is 4.79 Å². The number of carbonyl (C=O) groups is 1. The first-order chi connectivity index (χ1) is 7.24. The summed E-state index contributed by atoms with van der Waals surface area (Å²) in [5.41, 5.74) is 1.25. The van der Waals surface area contributed by atoms with Crippen molar-refractivity contribution in [3.8, 4) is 0 Å². The minimum Gasteiger partial charge on any atom is -0.478 e. The van der Waals surface area contributed by atoms with Crippen LogP contribution in [0.1, 0.15) is 4.88 Å². The maximum atomic E-state index is 10.9. The molecule has 0 aliphatic heterocycles. The molecule has 2 nitrogen and oxygen atoms in total. The molecule has 15 heavy (non-hydrogen) atoms. The molecule has 0 saturated carbocycles. The first-order valence-electron chi connectivity index (χ1n) is 4.24. The van der Waals surface area contributed by atoms with Crippen molar-refractivity contribution >= 4 is 45.3 Å². The lowest BCUT2D eigenvalue weighted by Gasteiger charge is -1.98. The molecule has 1 heterocycles. The lowest BCUT2D eigenvalue weighted by molar-refractivity contribution is -0.130. The fourth-order valence-corrected chi connectivity index (χ4v) is 2.70. The van der Waals surface area contributed by atoms with Gasteiger partial charge in [-0.3, -0.25) is 0 Å². The predicted octanol–water partition coefficient (Wildman–Crippen LogP) is 3.57. The van der Waals surface area contributed by atoms with E-state index in [-0.39, 0.29) is 5.57 Å². The second-order valence-electron chi connectivity index (χ2n) is 2.98. The third-order valence-corrected chi connectivity index (χ3v) is 3.36. The van der Waals surface area contributed by atoms with Crippen molar-refractivity contribution in [2.75, 3.05) is 0 Å². The van der Waals surface area contributed by atoms with Crippen molar-refractivity contribution in [2.24, 2.45) is 0 Å². The van der Waals surface area contributed by atoms with E-state index in [0.717, 1.165) is 16.3 Å². The molecule has 2 rings (SSSR count). The van der Waals surface area contributed by atoms with Crippen molar-refractivity contribution < 1.29 is 9.90 Å². The highest BCUT2D eigenvalue weighted by Crippen LogP contribution is 2.31. The maximum absolute atomic E-state index is 10.9. The predicted molar refractivity (Wildman–Crippen MR) is 63.3 cm³/mol. The Hall–Kier alpha value is -1.32. The van der Waals surface area contributed by atoms with Gasteiger partial charge in [0.25, 0.3) is 0 Å². The molecule has 2 aromatic rings. The Labute approximate surface area is 95.4 Å². The Kier molecular flexibility index (Phi) is 2.75. The summed E-state index contributed by atoms with van der Waals surface area (Å²) in [5.74, 6) is -1.00. The molecule has 1 N–H and O–H groups in total. The van der Waals surface area contributed by atoms with Crippen LogP contribution in [0, 0.1) is 0 Å². The van der Waals surface area contributed by atoms with Gasteiger partial charge < -0.3 is 5.11 Å². The van der Waals surface area contributed by atoms with Crippen LogP contribution in [0.2, 0.25) is 0 Å². The van der Waals surface area contributed by atoms with Crippen LogP contribution in [0.25, 0.3) is 16.3 Å². The van der Waals surface area contributed by atoms with Crippen LogP contribution in [0.3, 0.4) is 0 Å². The van der Waals surface area contributed by atoms with E-state index in [1.807, 2.05) is 29.6 Å². The highest BCUT2D eigenvalue weighted by Gasteiger charge is 2.14.